The zero-order chi connectivity index (χ0) is 20.7. The maximum atomic E-state index is 13.4. The van der Waals surface area contributed by atoms with Gasteiger partial charge in [-0.05, 0) is 24.6 Å². The van der Waals surface area contributed by atoms with E-state index >= 15 is 0 Å². The number of sulfone groups is 1. The molecule has 6 nitrogen and oxygen atoms in total. The number of benzene rings is 1. The summed E-state index contributed by atoms with van der Waals surface area (Å²) in [6.07, 6.45) is -1.26. The van der Waals surface area contributed by atoms with Gasteiger partial charge in [0.2, 0.25) is 0 Å². The van der Waals surface area contributed by atoms with E-state index in [9.17, 15) is 21.6 Å². The van der Waals surface area contributed by atoms with Gasteiger partial charge in [0.1, 0.15) is 5.15 Å². The van der Waals surface area contributed by atoms with Gasteiger partial charge in [0, 0.05) is 12.0 Å². The van der Waals surface area contributed by atoms with Gasteiger partial charge in [-0.3, -0.25) is 9.98 Å². The van der Waals surface area contributed by atoms with Crippen LogP contribution in [0.2, 0.25) is 5.15 Å². The fourth-order valence-electron chi connectivity index (χ4n) is 2.63. The summed E-state index contributed by atoms with van der Waals surface area (Å²) >= 11 is 7.07. The number of anilines is 1. The van der Waals surface area contributed by atoms with Crippen LogP contribution in [0.1, 0.15) is 18.1 Å². The molecule has 12 heteroatoms. The lowest BCUT2D eigenvalue weighted by Crippen LogP contribution is -2.22. The molecule has 0 radical (unpaired) electrons. The Labute approximate surface area is 168 Å². The van der Waals surface area contributed by atoms with Gasteiger partial charge in [-0.15, -0.1) is 0 Å². The number of rotatable bonds is 3. The van der Waals surface area contributed by atoms with E-state index in [1.807, 2.05) is 0 Å². The molecule has 1 aromatic heterocycles. The lowest BCUT2D eigenvalue weighted by Gasteiger charge is -2.22. The molecule has 1 aromatic carbocycles. The van der Waals surface area contributed by atoms with E-state index in [0.717, 1.165) is 18.4 Å². The average Bonchev–Trinajstić information content (AvgIpc) is 2.95. The summed E-state index contributed by atoms with van der Waals surface area (Å²) in [7, 11) is -4.03. The summed E-state index contributed by atoms with van der Waals surface area (Å²) < 4.78 is 63.7. The zero-order valence-corrected chi connectivity index (χ0v) is 17.0. The van der Waals surface area contributed by atoms with Crippen molar-refractivity contribution in [3.63, 3.8) is 0 Å². The van der Waals surface area contributed by atoms with E-state index in [1.54, 1.807) is 6.92 Å². The van der Waals surface area contributed by atoms with Gasteiger partial charge >= 0.3 is 6.18 Å². The molecule has 1 aliphatic heterocycles. The SMILES string of the molecule is C[C@]1(c2ccc(S(C)(=O)=O)c(C(F)(F)F)c2)CSC(Nc2cncc(Cl)n2)=N1. The monoisotopic (exact) mass is 450 g/mol. The van der Waals surface area contributed by atoms with Crippen molar-refractivity contribution in [2.45, 2.75) is 23.5 Å². The van der Waals surface area contributed by atoms with E-state index in [-0.39, 0.29) is 10.7 Å². The molecule has 1 N–H and O–H groups in total. The largest absolute Gasteiger partial charge is 0.417 e. The van der Waals surface area contributed by atoms with Crippen LogP contribution < -0.4 is 5.32 Å². The van der Waals surface area contributed by atoms with Gasteiger partial charge in [0.25, 0.3) is 0 Å². The molecule has 1 aliphatic rings. The van der Waals surface area contributed by atoms with Crippen LogP contribution in [0.5, 0.6) is 0 Å². The zero-order valence-electron chi connectivity index (χ0n) is 14.6. The minimum atomic E-state index is -4.81. The predicted molar refractivity (Wildman–Crippen MR) is 102 cm³/mol. The van der Waals surface area contributed by atoms with Gasteiger partial charge < -0.3 is 5.32 Å². The molecule has 2 heterocycles. The number of halogens is 4. The number of hydrogen-bond acceptors (Lipinski definition) is 7. The van der Waals surface area contributed by atoms with Gasteiger partial charge in [-0.25, -0.2) is 13.4 Å². The maximum Gasteiger partial charge on any atom is 0.417 e. The molecule has 0 saturated carbocycles. The molecule has 0 aliphatic carbocycles. The molecular weight excluding hydrogens is 437 g/mol. The molecule has 0 amide bonds. The number of aromatic nitrogens is 2. The Morgan fingerprint density at radius 1 is 1.29 bits per heavy atom. The third kappa shape index (κ3) is 4.41. The summed E-state index contributed by atoms with van der Waals surface area (Å²) in [6.45, 7) is 1.67. The first-order valence-corrected chi connectivity index (χ1v) is 11.0. The molecule has 3 rings (SSSR count). The number of thioether (sulfide) groups is 1. The summed E-state index contributed by atoms with van der Waals surface area (Å²) in [5, 5.41) is 3.55. The van der Waals surface area contributed by atoms with Crippen LogP contribution >= 0.6 is 23.4 Å². The van der Waals surface area contributed by atoms with Crippen molar-refractivity contribution in [3.8, 4) is 0 Å². The second-order valence-corrected chi connectivity index (χ2v) is 9.65. The molecule has 2 aromatic rings. The van der Waals surface area contributed by atoms with Gasteiger partial charge in [0.05, 0.1) is 28.4 Å². The molecule has 28 heavy (non-hydrogen) atoms. The highest BCUT2D eigenvalue weighted by atomic mass is 35.5. The molecule has 0 fully saturated rings. The lowest BCUT2D eigenvalue weighted by molar-refractivity contribution is -0.139. The van der Waals surface area contributed by atoms with Crippen molar-refractivity contribution in [3.05, 3.63) is 46.9 Å². The van der Waals surface area contributed by atoms with Crippen molar-refractivity contribution in [2.24, 2.45) is 4.99 Å². The Bertz CT molecular complexity index is 1060. The van der Waals surface area contributed by atoms with Gasteiger partial charge in [-0.2, -0.15) is 13.2 Å². The average molecular weight is 451 g/mol. The fraction of sp³-hybridized carbons (Fsp3) is 0.312. The standard InChI is InChI=1S/C16H14ClF3N4O2S2/c1-15(8-27-14(24-15)23-13-7-21-6-12(17)22-13)9-3-4-11(28(2,25)26)10(5-9)16(18,19)20/h3-7H,8H2,1-2H3,(H,22,23,24)/t15-/m1/s1. The molecular formula is C16H14ClF3N4O2S2. The highest BCUT2D eigenvalue weighted by Gasteiger charge is 2.39. The first kappa shape index (κ1) is 20.9. The number of nitrogens with zero attached hydrogens (tertiary/aromatic N) is 3. The van der Waals surface area contributed by atoms with Gasteiger partial charge in [0.15, 0.2) is 20.8 Å². The molecule has 0 saturated heterocycles. The Hall–Kier alpha value is -1.85. The third-order valence-electron chi connectivity index (χ3n) is 3.98. The topological polar surface area (TPSA) is 84.3 Å². The van der Waals surface area contributed by atoms with Crippen molar-refractivity contribution in [1.82, 2.24) is 9.97 Å². The minimum absolute atomic E-state index is 0.183. The highest BCUT2D eigenvalue weighted by Crippen LogP contribution is 2.41. The molecule has 0 spiro atoms. The summed E-state index contributed by atoms with van der Waals surface area (Å²) in [4.78, 5) is 11.6. The van der Waals surface area contributed by atoms with Crippen LogP contribution in [0, 0.1) is 0 Å². The first-order chi connectivity index (χ1) is 12.9. The molecule has 1 atom stereocenters. The van der Waals surface area contributed by atoms with E-state index < -0.39 is 32.0 Å². The second-order valence-electron chi connectivity index (χ2n) is 6.31. The smallest absolute Gasteiger partial charge is 0.318 e. The number of alkyl halides is 3. The van der Waals surface area contributed by atoms with Crippen LogP contribution in [0.25, 0.3) is 0 Å². The molecule has 0 unspecified atom stereocenters. The van der Waals surface area contributed by atoms with Crippen LogP contribution in [0.4, 0.5) is 19.0 Å². The maximum absolute atomic E-state index is 13.4. The quantitative estimate of drug-likeness (QED) is 0.761. The van der Waals surface area contributed by atoms with Crippen molar-refractivity contribution in [2.75, 3.05) is 17.3 Å². The Kier molecular flexibility index (Phi) is 5.36. The predicted octanol–water partition coefficient (Wildman–Crippen LogP) is 3.98. The van der Waals surface area contributed by atoms with Crippen molar-refractivity contribution >= 4 is 44.2 Å². The van der Waals surface area contributed by atoms with E-state index in [2.05, 4.69) is 20.3 Å². The third-order valence-corrected chi connectivity index (χ3v) is 6.50. The van der Waals surface area contributed by atoms with E-state index in [0.29, 0.717) is 16.7 Å². The first-order valence-electron chi connectivity index (χ1n) is 7.77. The van der Waals surface area contributed by atoms with Crippen LogP contribution in [0.3, 0.4) is 0 Å². The number of aliphatic imine (C=N–C) groups is 1. The Morgan fingerprint density at radius 3 is 2.61 bits per heavy atom. The Balaban J connectivity index is 1.98. The van der Waals surface area contributed by atoms with Crippen LogP contribution in [-0.2, 0) is 21.6 Å². The summed E-state index contributed by atoms with van der Waals surface area (Å²) in [6, 6.07) is 3.19. The van der Waals surface area contributed by atoms with Gasteiger partial charge in [-0.1, -0.05) is 29.4 Å². The van der Waals surface area contributed by atoms with E-state index in [4.69, 9.17) is 11.6 Å². The van der Waals surface area contributed by atoms with Crippen molar-refractivity contribution < 1.29 is 21.6 Å². The van der Waals surface area contributed by atoms with Crippen LogP contribution in [-0.4, -0.2) is 35.6 Å². The van der Waals surface area contributed by atoms with E-state index in [1.165, 1.54) is 30.2 Å². The van der Waals surface area contributed by atoms with Crippen molar-refractivity contribution in [1.29, 1.82) is 0 Å². The summed E-state index contributed by atoms with van der Waals surface area (Å²) in [5.74, 6) is 0.713. The summed E-state index contributed by atoms with van der Waals surface area (Å²) in [5.41, 5.74) is -1.92. The second kappa shape index (κ2) is 7.20. The lowest BCUT2D eigenvalue weighted by atomic mass is 9.93. The molecule has 0 bridgehead atoms. The number of amidine groups is 1. The van der Waals surface area contributed by atoms with Crippen LogP contribution in [0.15, 0.2) is 40.5 Å². The molecule has 150 valence electrons. The normalized spacial score (nSPS) is 20.1. The fourth-order valence-corrected chi connectivity index (χ4v) is 4.76. The Morgan fingerprint density at radius 2 is 2.00 bits per heavy atom. The highest BCUT2D eigenvalue weighted by molar-refractivity contribution is 8.14. The number of hydrogen-bond donors (Lipinski definition) is 1. The number of nitrogens with one attached hydrogen (secondary N) is 1. The minimum Gasteiger partial charge on any atom is -0.318 e.